The molecule has 1 heterocycles. The minimum absolute atomic E-state index is 0.121. The van der Waals surface area contributed by atoms with Crippen LogP contribution in [0.2, 0.25) is 0 Å². The van der Waals surface area contributed by atoms with Crippen LogP contribution in [0.25, 0.3) is 0 Å². The Kier molecular flexibility index (Phi) is 3.68. The Balaban J connectivity index is 2.83. The molecule has 0 saturated carbocycles. The van der Waals surface area contributed by atoms with Gasteiger partial charge in [-0.3, -0.25) is 14.5 Å². The summed E-state index contributed by atoms with van der Waals surface area (Å²) in [6, 6.07) is 0. The van der Waals surface area contributed by atoms with Crippen molar-refractivity contribution in [3.63, 3.8) is 0 Å². The van der Waals surface area contributed by atoms with Gasteiger partial charge in [-0.25, -0.2) is 0 Å². The van der Waals surface area contributed by atoms with Gasteiger partial charge in [0.1, 0.15) is 0 Å². The molecule has 0 bridgehead atoms. The highest BCUT2D eigenvalue weighted by molar-refractivity contribution is 5.77. The van der Waals surface area contributed by atoms with E-state index >= 15 is 0 Å². The van der Waals surface area contributed by atoms with Crippen molar-refractivity contribution in [3.05, 3.63) is 0 Å². The molecule has 5 nitrogen and oxygen atoms in total. The molecule has 86 valence electrons. The molecule has 0 atom stereocenters. The van der Waals surface area contributed by atoms with Gasteiger partial charge in [0.25, 0.3) is 0 Å². The van der Waals surface area contributed by atoms with Gasteiger partial charge in [0.15, 0.2) is 5.79 Å². The summed E-state index contributed by atoms with van der Waals surface area (Å²) in [5.41, 5.74) is 0. The molecule has 1 aliphatic rings. The van der Waals surface area contributed by atoms with Crippen LogP contribution in [0.1, 0.15) is 33.6 Å². The molecule has 0 aromatic carbocycles. The molecule has 1 fully saturated rings. The lowest BCUT2D eigenvalue weighted by Gasteiger charge is -2.38. The van der Waals surface area contributed by atoms with Crippen LogP contribution in [0.4, 0.5) is 0 Å². The van der Waals surface area contributed by atoms with Crippen molar-refractivity contribution >= 4 is 11.8 Å². The maximum Gasteiger partial charge on any atom is 0.219 e. The van der Waals surface area contributed by atoms with E-state index in [9.17, 15) is 9.59 Å². The number of hydrogen-bond acceptors (Lipinski definition) is 3. The van der Waals surface area contributed by atoms with Crippen molar-refractivity contribution in [2.24, 2.45) is 0 Å². The van der Waals surface area contributed by atoms with Gasteiger partial charge in [0.2, 0.25) is 11.8 Å². The molecule has 0 radical (unpaired) electrons. The van der Waals surface area contributed by atoms with Crippen molar-refractivity contribution in [1.82, 2.24) is 15.5 Å². The van der Waals surface area contributed by atoms with Gasteiger partial charge < -0.3 is 10.6 Å². The molecule has 0 unspecified atom stereocenters. The number of rotatable bonds is 3. The molecular formula is C10H19N3O2. The van der Waals surface area contributed by atoms with Crippen molar-refractivity contribution in [1.29, 1.82) is 0 Å². The van der Waals surface area contributed by atoms with Crippen LogP contribution < -0.4 is 10.6 Å². The van der Waals surface area contributed by atoms with E-state index in [1.54, 1.807) is 0 Å². The van der Waals surface area contributed by atoms with Gasteiger partial charge in [0.05, 0.1) is 0 Å². The Morgan fingerprint density at radius 3 is 2.20 bits per heavy atom. The van der Waals surface area contributed by atoms with Gasteiger partial charge in [-0.1, -0.05) is 6.92 Å². The minimum atomic E-state index is -0.660. The summed E-state index contributed by atoms with van der Waals surface area (Å²) in [6.07, 6.45) is 1.74. The molecule has 1 saturated heterocycles. The lowest BCUT2D eigenvalue weighted by Crippen LogP contribution is -2.66. The normalized spacial score (nSPS) is 19.9. The van der Waals surface area contributed by atoms with Gasteiger partial charge in [-0.05, 0) is 13.0 Å². The first kappa shape index (κ1) is 12.0. The van der Waals surface area contributed by atoms with E-state index in [-0.39, 0.29) is 11.8 Å². The first-order chi connectivity index (χ1) is 7.00. The van der Waals surface area contributed by atoms with Gasteiger partial charge >= 0.3 is 0 Å². The average Bonchev–Trinajstić information content (AvgIpc) is 2.44. The molecular weight excluding hydrogens is 194 g/mol. The van der Waals surface area contributed by atoms with Gasteiger partial charge in [-0.2, -0.15) is 0 Å². The second-order valence-electron chi connectivity index (χ2n) is 3.91. The van der Waals surface area contributed by atoms with Gasteiger partial charge in [0, 0.05) is 26.8 Å². The Morgan fingerprint density at radius 1 is 1.27 bits per heavy atom. The predicted octanol–water partition coefficient (Wildman–Crippen LogP) is 0.0281. The van der Waals surface area contributed by atoms with Crippen LogP contribution in [0.15, 0.2) is 0 Å². The standard InChI is InChI=1S/C10H19N3O2/c1-4-13-7-5-6-10(13,11-8(2)14)12-9(3)15/h4-7H2,1-3H3,(H,11,14)(H,12,15). The molecule has 1 aliphatic heterocycles. The number of nitrogens with one attached hydrogen (secondary N) is 2. The van der Waals surface area contributed by atoms with E-state index in [2.05, 4.69) is 15.5 Å². The summed E-state index contributed by atoms with van der Waals surface area (Å²) < 4.78 is 0. The zero-order valence-corrected chi connectivity index (χ0v) is 9.59. The number of carbonyl (C=O) groups is 2. The van der Waals surface area contributed by atoms with Crippen LogP contribution in [-0.4, -0.2) is 35.6 Å². The molecule has 0 spiro atoms. The lowest BCUT2D eigenvalue weighted by molar-refractivity contribution is -0.129. The second-order valence-corrected chi connectivity index (χ2v) is 3.91. The van der Waals surface area contributed by atoms with Crippen LogP contribution in [-0.2, 0) is 9.59 Å². The molecule has 2 N–H and O–H groups in total. The molecule has 0 aromatic rings. The maximum absolute atomic E-state index is 11.2. The fourth-order valence-electron chi connectivity index (χ4n) is 2.20. The topological polar surface area (TPSA) is 61.4 Å². The molecule has 2 amide bonds. The molecule has 0 aliphatic carbocycles. The van der Waals surface area contributed by atoms with E-state index in [0.717, 1.165) is 25.9 Å². The van der Waals surface area contributed by atoms with Crippen molar-refractivity contribution in [2.45, 2.75) is 39.4 Å². The Morgan fingerprint density at radius 2 is 1.80 bits per heavy atom. The highest BCUT2D eigenvalue weighted by Gasteiger charge is 2.41. The predicted molar refractivity (Wildman–Crippen MR) is 56.8 cm³/mol. The number of amides is 2. The maximum atomic E-state index is 11.2. The number of nitrogens with zero attached hydrogens (tertiary/aromatic N) is 1. The van der Waals surface area contributed by atoms with Crippen LogP contribution in [0, 0.1) is 0 Å². The molecule has 0 aromatic heterocycles. The van der Waals surface area contributed by atoms with E-state index in [1.165, 1.54) is 13.8 Å². The zero-order chi connectivity index (χ0) is 11.5. The number of hydrogen-bond donors (Lipinski definition) is 2. The smallest absolute Gasteiger partial charge is 0.219 e. The zero-order valence-electron chi connectivity index (χ0n) is 9.59. The summed E-state index contributed by atoms with van der Waals surface area (Å²) in [5, 5.41) is 5.69. The Bertz CT molecular complexity index is 249. The third-order valence-electron chi connectivity index (χ3n) is 2.65. The summed E-state index contributed by atoms with van der Waals surface area (Å²) in [4.78, 5) is 24.4. The Hall–Kier alpha value is -1.10. The van der Waals surface area contributed by atoms with Gasteiger partial charge in [-0.15, -0.1) is 0 Å². The summed E-state index contributed by atoms with van der Waals surface area (Å²) in [6.45, 7) is 6.66. The fourth-order valence-corrected chi connectivity index (χ4v) is 2.20. The first-order valence-corrected chi connectivity index (χ1v) is 5.32. The third-order valence-corrected chi connectivity index (χ3v) is 2.65. The second kappa shape index (κ2) is 4.61. The summed E-state index contributed by atoms with van der Waals surface area (Å²) in [5.74, 6) is -0.903. The van der Waals surface area contributed by atoms with Crippen molar-refractivity contribution in [2.75, 3.05) is 13.1 Å². The number of likely N-dealkylation sites (tertiary alicyclic amines) is 1. The van der Waals surface area contributed by atoms with E-state index < -0.39 is 5.79 Å². The SMILES string of the molecule is CCN1CCCC1(NC(C)=O)NC(C)=O. The quantitative estimate of drug-likeness (QED) is 0.650. The summed E-state index contributed by atoms with van der Waals surface area (Å²) >= 11 is 0. The lowest BCUT2D eigenvalue weighted by atomic mass is 10.2. The average molecular weight is 213 g/mol. The summed E-state index contributed by atoms with van der Waals surface area (Å²) in [7, 11) is 0. The van der Waals surface area contributed by atoms with Crippen LogP contribution in [0.5, 0.6) is 0 Å². The largest absolute Gasteiger partial charge is 0.321 e. The molecule has 15 heavy (non-hydrogen) atoms. The highest BCUT2D eigenvalue weighted by atomic mass is 16.2. The van der Waals surface area contributed by atoms with E-state index in [4.69, 9.17) is 0 Å². The third kappa shape index (κ3) is 2.68. The fraction of sp³-hybridized carbons (Fsp3) is 0.800. The minimum Gasteiger partial charge on any atom is -0.321 e. The highest BCUT2D eigenvalue weighted by Crippen LogP contribution is 2.23. The van der Waals surface area contributed by atoms with Crippen LogP contribution >= 0.6 is 0 Å². The monoisotopic (exact) mass is 213 g/mol. The number of carbonyl (C=O) groups excluding carboxylic acids is 2. The molecule has 5 heteroatoms. The van der Waals surface area contributed by atoms with Crippen LogP contribution in [0.3, 0.4) is 0 Å². The first-order valence-electron chi connectivity index (χ1n) is 5.32. The van der Waals surface area contributed by atoms with E-state index in [0.29, 0.717) is 0 Å². The van der Waals surface area contributed by atoms with E-state index in [1.807, 2.05) is 6.92 Å². The van der Waals surface area contributed by atoms with Crippen molar-refractivity contribution in [3.8, 4) is 0 Å². The van der Waals surface area contributed by atoms with Crippen molar-refractivity contribution < 1.29 is 9.59 Å². The molecule has 1 rings (SSSR count). The Labute approximate surface area is 90.2 Å².